The lowest BCUT2D eigenvalue weighted by molar-refractivity contribution is 0.199. The molecule has 0 bridgehead atoms. The number of hydrogen-bond donors (Lipinski definition) is 3. The maximum atomic E-state index is 12.3. The molecular weight excluding hydrogens is 394 g/mol. The second kappa shape index (κ2) is 9.42. The number of hydrogen-bond acceptors (Lipinski definition) is 5. The first kappa shape index (κ1) is 20.6. The summed E-state index contributed by atoms with van der Waals surface area (Å²) in [4.78, 5) is 35.3. The number of H-pyrrole nitrogens is 1. The van der Waals surface area contributed by atoms with Crippen molar-refractivity contribution in [2.75, 3.05) is 5.32 Å². The Hall–Kier alpha value is -3.68. The number of benzene rings is 1. The van der Waals surface area contributed by atoms with E-state index in [9.17, 15) is 9.59 Å². The summed E-state index contributed by atoms with van der Waals surface area (Å²) in [5, 5.41) is 5.65. The number of aromatic nitrogens is 3. The maximum absolute atomic E-state index is 12.3. The van der Waals surface area contributed by atoms with Crippen LogP contribution in [0, 0.1) is 6.92 Å². The van der Waals surface area contributed by atoms with E-state index in [1.807, 2.05) is 24.3 Å². The highest BCUT2D eigenvalue weighted by Crippen LogP contribution is 2.25. The van der Waals surface area contributed by atoms with Gasteiger partial charge >= 0.3 is 6.03 Å². The van der Waals surface area contributed by atoms with E-state index in [2.05, 4.69) is 25.6 Å². The third kappa shape index (κ3) is 5.48. The molecule has 1 aliphatic carbocycles. The number of urea groups is 1. The molecule has 0 saturated heterocycles. The smallest absolute Gasteiger partial charge is 0.319 e. The Bertz CT molecular complexity index is 1100. The van der Waals surface area contributed by atoms with Gasteiger partial charge in [-0.2, -0.15) is 0 Å². The number of amides is 2. The highest BCUT2D eigenvalue weighted by atomic mass is 16.5. The summed E-state index contributed by atoms with van der Waals surface area (Å²) in [7, 11) is 0. The van der Waals surface area contributed by atoms with Crippen LogP contribution in [0.5, 0.6) is 5.88 Å². The van der Waals surface area contributed by atoms with Crippen LogP contribution in [-0.4, -0.2) is 27.1 Å². The summed E-state index contributed by atoms with van der Waals surface area (Å²) in [6.07, 6.45) is 6.37. The van der Waals surface area contributed by atoms with Gasteiger partial charge in [0.25, 0.3) is 5.56 Å². The number of rotatable bonds is 6. The van der Waals surface area contributed by atoms with Gasteiger partial charge in [-0.3, -0.25) is 4.79 Å². The molecule has 2 aromatic heterocycles. The van der Waals surface area contributed by atoms with Gasteiger partial charge in [0.1, 0.15) is 11.9 Å². The lowest BCUT2D eigenvalue weighted by Crippen LogP contribution is -2.28. The Morgan fingerprint density at radius 1 is 1.19 bits per heavy atom. The van der Waals surface area contributed by atoms with Crippen LogP contribution in [0.1, 0.15) is 37.1 Å². The van der Waals surface area contributed by atoms with Crippen molar-refractivity contribution < 1.29 is 9.53 Å². The summed E-state index contributed by atoms with van der Waals surface area (Å²) in [5.41, 5.74) is 2.66. The van der Waals surface area contributed by atoms with Gasteiger partial charge in [0.2, 0.25) is 5.88 Å². The average Bonchev–Trinajstić information content (AvgIpc) is 3.26. The predicted octanol–water partition coefficient (Wildman–Crippen LogP) is 3.78. The molecule has 0 unspecified atom stereocenters. The molecule has 1 fully saturated rings. The monoisotopic (exact) mass is 419 g/mol. The third-order valence-corrected chi connectivity index (χ3v) is 5.17. The summed E-state index contributed by atoms with van der Waals surface area (Å²) < 4.78 is 6.02. The van der Waals surface area contributed by atoms with Crippen molar-refractivity contribution >= 4 is 11.7 Å². The second-order valence-corrected chi connectivity index (χ2v) is 7.59. The Balaban J connectivity index is 1.34. The van der Waals surface area contributed by atoms with Gasteiger partial charge in [-0.05, 0) is 50.8 Å². The van der Waals surface area contributed by atoms with Crippen LogP contribution < -0.4 is 20.9 Å². The van der Waals surface area contributed by atoms with Crippen molar-refractivity contribution in [2.24, 2.45) is 0 Å². The minimum atomic E-state index is -0.325. The average molecular weight is 419 g/mol. The van der Waals surface area contributed by atoms with Crippen molar-refractivity contribution in [3.8, 4) is 17.1 Å². The normalized spacial score (nSPS) is 13.7. The first-order valence-electron chi connectivity index (χ1n) is 10.4. The highest BCUT2D eigenvalue weighted by Gasteiger charge is 2.18. The Morgan fingerprint density at radius 3 is 2.71 bits per heavy atom. The van der Waals surface area contributed by atoms with E-state index in [1.165, 1.54) is 18.9 Å². The number of carbonyl (C=O) groups is 1. The van der Waals surface area contributed by atoms with Crippen LogP contribution in [0.15, 0.2) is 53.5 Å². The fourth-order valence-corrected chi connectivity index (χ4v) is 3.63. The molecule has 0 radical (unpaired) electrons. The van der Waals surface area contributed by atoms with Crippen molar-refractivity contribution in [1.82, 2.24) is 20.3 Å². The molecule has 0 aliphatic heterocycles. The number of nitrogens with one attached hydrogen (secondary N) is 3. The first-order chi connectivity index (χ1) is 15.1. The minimum Gasteiger partial charge on any atom is -0.474 e. The molecule has 0 spiro atoms. The number of pyridine rings is 1. The van der Waals surface area contributed by atoms with Gasteiger partial charge in [-0.1, -0.05) is 18.2 Å². The Morgan fingerprint density at radius 2 is 1.97 bits per heavy atom. The summed E-state index contributed by atoms with van der Waals surface area (Å²) in [6, 6.07) is 12.0. The number of aryl methyl sites for hydroxylation is 1. The number of anilines is 1. The molecule has 2 amide bonds. The molecule has 8 nitrogen and oxygen atoms in total. The van der Waals surface area contributed by atoms with E-state index in [1.54, 1.807) is 25.3 Å². The van der Waals surface area contributed by atoms with E-state index in [0.717, 1.165) is 24.0 Å². The van der Waals surface area contributed by atoms with E-state index >= 15 is 0 Å². The van der Waals surface area contributed by atoms with Gasteiger partial charge in [0.15, 0.2) is 0 Å². The quantitative estimate of drug-likeness (QED) is 0.563. The molecule has 1 saturated carbocycles. The molecule has 160 valence electrons. The van der Waals surface area contributed by atoms with Crippen LogP contribution >= 0.6 is 0 Å². The zero-order valence-corrected chi connectivity index (χ0v) is 17.4. The zero-order chi connectivity index (χ0) is 21.6. The summed E-state index contributed by atoms with van der Waals surface area (Å²) in [5.74, 6) is 1.13. The molecule has 0 atom stereocenters. The van der Waals surface area contributed by atoms with E-state index < -0.39 is 0 Å². The summed E-state index contributed by atoms with van der Waals surface area (Å²) in [6.45, 7) is 2.05. The Kier molecular flexibility index (Phi) is 6.26. The van der Waals surface area contributed by atoms with Gasteiger partial charge in [-0.25, -0.2) is 14.8 Å². The van der Waals surface area contributed by atoms with Crippen molar-refractivity contribution in [3.05, 3.63) is 70.4 Å². The van der Waals surface area contributed by atoms with Gasteiger partial charge in [0.05, 0.1) is 5.69 Å². The lowest BCUT2D eigenvalue weighted by Gasteiger charge is -2.15. The van der Waals surface area contributed by atoms with E-state index in [4.69, 9.17) is 4.74 Å². The van der Waals surface area contributed by atoms with Gasteiger partial charge in [-0.15, -0.1) is 0 Å². The molecule has 3 N–H and O–H groups in total. The predicted molar refractivity (Wildman–Crippen MR) is 118 cm³/mol. The van der Waals surface area contributed by atoms with Crippen LogP contribution in [0.3, 0.4) is 0 Å². The van der Waals surface area contributed by atoms with Crippen molar-refractivity contribution in [1.29, 1.82) is 0 Å². The van der Waals surface area contributed by atoms with Gasteiger partial charge in [0, 0.05) is 35.6 Å². The molecule has 8 heteroatoms. The Labute approximate surface area is 180 Å². The largest absolute Gasteiger partial charge is 0.474 e. The molecule has 4 rings (SSSR count). The zero-order valence-electron chi connectivity index (χ0n) is 17.4. The topological polar surface area (TPSA) is 109 Å². The molecule has 1 aliphatic rings. The van der Waals surface area contributed by atoms with E-state index in [-0.39, 0.29) is 17.7 Å². The fourth-order valence-electron chi connectivity index (χ4n) is 3.63. The SMILES string of the molecule is Cc1nc(-c2ccc(NC(=O)NCc3cccnc3OC3CCCC3)cc2)cc(=O)[nH]1. The number of ether oxygens (including phenoxy) is 1. The number of nitrogens with zero attached hydrogens (tertiary/aromatic N) is 2. The minimum absolute atomic E-state index is 0.198. The summed E-state index contributed by atoms with van der Waals surface area (Å²) >= 11 is 0. The second-order valence-electron chi connectivity index (χ2n) is 7.59. The molecule has 31 heavy (non-hydrogen) atoms. The molecule has 1 aromatic carbocycles. The third-order valence-electron chi connectivity index (χ3n) is 5.17. The fraction of sp³-hybridized carbons (Fsp3) is 0.304. The van der Waals surface area contributed by atoms with Crippen LogP contribution in [0.4, 0.5) is 10.5 Å². The molecule has 2 heterocycles. The standard InChI is InChI=1S/C23H25N5O3/c1-15-26-20(13-21(29)27-15)16-8-10-18(11-9-16)28-23(30)25-14-17-5-4-12-24-22(17)31-19-6-2-3-7-19/h4-5,8-13,19H,2-3,6-7,14H2,1H3,(H2,25,28,30)(H,26,27,29). The van der Waals surface area contributed by atoms with Crippen LogP contribution in [-0.2, 0) is 6.54 Å². The van der Waals surface area contributed by atoms with Crippen molar-refractivity contribution in [2.45, 2.75) is 45.3 Å². The molecular formula is C23H25N5O3. The number of aromatic amines is 1. The first-order valence-corrected chi connectivity index (χ1v) is 10.4. The van der Waals surface area contributed by atoms with E-state index in [0.29, 0.717) is 29.6 Å². The maximum Gasteiger partial charge on any atom is 0.319 e. The van der Waals surface area contributed by atoms with Crippen molar-refractivity contribution in [3.63, 3.8) is 0 Å². The lowest BCUT2D eigenvalue weighted by atomic mass is 10.1. The highest BCUT2D eigenvalue weighted by molar-refractivity contribution is 5.89. The van der Waals surface area contributed by atoms with Crippen LogP contribution in [0.2, 0.25) is 0 Å². The van der Waals surface area contributed by atoms with Crippen LogP contribution in [0.25, 0.3) is 11.3 Å². The number of carbonyl (C=O) groups excluding carboxylic acids is 1. The van der Waals surface area contributed by atoms with Gasteiger partial charge < -0.3 is 20.4 Å². The molecule has 3 aromatic rings.